The van der Waals surface area contributed by atoms with E-state index in [0.717, 1.165) is 17.2 Å². The number of pyridine rings is 1. The number of anilines is 1. The van der Waals surface area contributed by atoms with Gasteiger partial charge in [-0.1, -0.05) is 0 Å². The summed E-state index contributed by atoms with van der Waals surface area (Å²) < 4.78 is 0. The molecule has 0 saturated heterocycles. The molecule has 0 saturated carbocycles. The lowest BCUT2D eigenvalue weighted by Crippen LogP contribution is -1.98. The maximum Gasteiger partial charge on any atom is 0.313 e. The number of imidazole rings is 1. The third kappa shape index (κ3) is 2.88. The predicted octanol–water partition coefficient (Wildman–Crippen LogP) is 1.32. The van der Waals surface area contributed by atoms with Gasteiger partial charge in [-0.15, -0.1) is 11.8 Å². The van der Waals surface area contributed by atoms with E-state index in [-0.39, 0.29) is 5.75 Å². The van der Waals surface area contributed by atoms with Crippen LogP contribution < -0.4 is 5.32 Å². The van der Waals surface area contributed by atoms with Crippen molar-refractivity contribution in [3.05, 3.63) is 18.0 Å². The van der Waals surface area contributed by atoms with Gasteiger partial charge in [-0.05, 0) is 12.1 Å². The standard InChI is InChI=1S/C10H12N4O2S/c1-11-7-3-2-6-10(13-7)14-8(12-6)4-17-5-9(15)16/h2-3H,4-5H2,1H3,(H,15,16)(H2,11,12,13,14). The smallest absolute Gasteiger partial charge is 0.313 e. The number of aromatic amines is 1. The summed E-state index contributed by atoms with van der Waals surface area (Å²) >= 11 is 1.30. The SMILES string of the molecule is CNc1ccc2[nH]c(CSCC(=O)O)nc2n1. The second kappa shape index (κ2) is 5.05. The van der Waals surface area contributed by atoms with Crippen LogP contribution in [0.5, 0.6) is 0 Å². The molecule has 0 aromatic carbocycles. The van der Waals surface area contributed by atoms with E-state index < -0.39 is 5.97 Å². The summed E-state index contributed by atoms with van der Waals surface area (Å²) in [6, 6.07) is 3.75. The first-order valence-electron chi connectivity index (χ1n) is 5.02. The number of nitrogens with zero attached hydrogens (tertiary/aromatic N) is 2. The Bertz CT molecular complexity index is 540. The minimum absolute atomic E-state index is 0.0756. The molecular formula is C10H12N4O2S. The molecule has 0 spiro atoms. The van der Waals surface area contributed by atoms with E-state index in [0.29, 0.717) is 11.4 Å². The largest absolute Gasteiger partial charge is 0.481 e. The van der Waals surface area contributed by atoms with Crippen molar-refractivity contribution in [2.75, 3.05) is 18.1 Å². The minimum Gasteiger partial charge on any atom is -0.481 e. The van der Waals surface area contributed by atoms with E-state index >= 15 is 0 Å². The molecule has 2 heterocycles. The fraction of sp³-hybridized carbons (Fsp3) is 0.300. The van der Waals surface area contributed by atoms with E-state index in [4.69, 9.17) is 5.11 Å². The molecule has 3 N–H and O–H groups in total. The minimum atomic E-state index is -0.818. The summed E-state index contributed by atoms with van der Waals surface area (Å²) in [5, 5.41) is 11.5. The number of hydrogen-bond acceptors (Lipinski definition) is 5. The summed E-state index contributed by atoms with van der Waals surface area (Å²) in [6.07, 6.45) is 0. The molecule has 7 heteroatoms. The Morgan fingerprint density at radius 3 is 3.06 bits per heavy atom. The molecule has 0 aliphatic rings. The second-order valence-corrected chi connectivity index (χ2v) is 4.37. The first-order valence-corrected chi connectivity index (χ1v) is 6.17. The molecule has 0 fully saturated rings. The molecule has 0 aliphatic carbocycles. The second-order valence-electron chi connectivity index (χ2n) is 3.39. The van der Waals surface area contributed by atoms with Crippen molar-refractivity contribution >= 4 is 34.7 Å². The van der Waals surface area contributed by atoms with E-state index in [1.165, 1.54) is 11.8 Å². The van der Waals surface area contributed by atoms with Crippen LogP contribution in [0.2, 0.25) is 0 Å². The van der Waals surface area contributed by atoms with Crippen molar-refractivity contribution in [1.82, 2.24) is 15.0 Å². The highest BCUT2D eigenvalue weighted by atomic mass is 32.2. The first kappa shape index (κ1) is 11.7. The van der Waals surface area contributed by atoms with Crippen molar-refractivity contribution in [3.8, 4) is 0 Å². The summed E-state index contributed by atoms with van der Waals surface area (Å²) in [6.45, 7) is 0. The average Bonchev–Trinajstić information content (AvgIpc) is 2.69. The third-order valence-corrected chi connectivity index (χ3v) is 3.04. The highest BCUT2D eigenvalue weighted by Crippen LogP contribution is 2.15. The zero-order chi connectivity index (χ0) is 12.3. The molecule has 6 nitrogen and oxygen atoms in total. The molecule has 0 amide bonds. The van der Waals surface area contributed by atoms with Crippen LogP contribution in [0.15, 0.2) is 12.1 Å². The van der Waals surface area contributed by atoms with Crippen LogP contribution in [0.4, 0.5) is 5.82 Å². The average molecular weight is 252 g/mol. The maximum atomic E-state index is 10.4. The predicted molar refractivity (Wildman–Crippen MR) is 67.2 cm³/mol. The molecule has 0 aliphatic heterocycles. The van der Waals surface area contributed by atoms with Crippen LogP contribution in [0.1, 0.15) is 5.82 Å². The molecule has 17 heavy (non-hydrogen) atoms. The number of nitrogens with one attached hydrogen (secondary N) is 2. The van der Waals surface area contributed by atoms with Crippen LogP contribution in [-0.4, -0.2) is 38.8 Å². The molecule has 90 valence electrons. The van der Waals surface area contributed by atoms with Crippen molar-refractivity contribution in [2.45, 2.75) is 5.75 Å². The monoisotopic (exact) mass is 252 g/mol. The van der Waals surface area contributed by atoms with Crippen LogP contribution in [0.3, 0.4) is 0 Å². The zero-order valence-electron chi connectivity index (χ0n) is 9.23. The highest BCUT2D eigenvalue weighted by molar-refractivity contribution is 7.99. The third-order valence-electron chi connectivity index (χ3n) is 2.12. The topological polar surface area (TPSA) is 90.9 Å². The number of aromatic nitrogens is 3. The molecule has 0 unspecified atom stereocenters. The number of aliphatic carboxylic acids is 1. The van der Waals surface area contributed by atoms with Gasteiger partial charge in [-0.2, -0.15) is 0 Å². The Morgan fingerprint density at radius 2 is 2.35 bits per heavy atom. The Balaban J connectivity index is 2.11. The van der Waals surface area contributed by atoms with Gasteiger partial charge in [0.25, 0.3) is 0 Å². The van der Waals surface area contributed by atoms with Gasteiger partial charge in [-0.25, -0.2) is 9.97 Å². The lowest BCUT2D eigenvalue weighted by Gasteiger charge is -1.95. The van der Waals surface area contributed by atoms with Gasteiger partial charge in [0.1, 0.15) is 11.6 Å². The van der Waals surface area contributed by atoms with Gasteiger partial charge in [0.2, 0.25) is 0 Å². The van der Waals surface area contributed by atoms with Crippen molar-refractivity contribution in [3.63, 3.8) is 0 Å². The fourth-order valence-electron chi connectivity index (χ4n) is 1.39. The lowest BCUT2D eigenvalue weighted by molar-refractivity contribution is -0.133. The number of fused-ring (bicyclic) bond motifs is 1. The van der Waals surface area contributed by atoms with Crippen molar-refractivity contribution < 1.29 is 9.90 Å². The van der Waals surface area contributed by atoms with E-state index in [9.17, 15) is 4.79 Å². The summed E-state index contributed by atoms with van der Waals surface area (Å²) in [5.41, 5.74) is 1.50. The Kier molecular flexibility index (Phi) is 3.48. The number of H-pyrrole nitrogens is 1. The van der Waals surface area contributed by atoms with E-state index in [2.05, 4.69) is 20.3 Å². The summed E-state index contributed by atoms with van der Waals surface area (Å²) in [4.78, 5) is 22.1. The van der Waals surface area contributed by atoms with Crippen LogP contribution in [0.25, 0.3) is 11.2 Å². The van der Waals surface area contributed by atoms with Gasteiger partial charge >= 0.3 is 5.97 Å². The number of rotatable bonds is 5. The molecular weight excluding hydrogens is 240 g/mol. The molecule has 2 rings (SSSR count). The normalized spacial score (nSPS) is 10.6. The number of carboxylic acid groups (broad SMARTS) is 1. The number of carboxylic acids is 1. The summed E-state index contributed by atoms with van der Waals surface area (Å²) in [7, 11) is 1.80. The maximum absolute atomic E-state index is 10.4. The summed E-state index contributed by atoms with van der Waals surface area (Å²) in [5.74, 6) is 1.30. The van der Waals surface area contributed by atoms with Gasteiger partial charge < -0.3 is 15.4 Å². The first-order chi connectivity index (χ1) is 8.19. The number of thioether (sulfide) groups is 1. The fourth-order valence-corrected chi connectivity index (χ4v) is 1.99. The Hall–Kier alpha value is -1.76. The Labute approximate surface area is 102 Å². The van der Waals surface area contributed by atoms with Gasteiger partial charge in [-0.3, -0.25) is 4.79 Å². The Morgan fingerprint density at radius 1 is 1.53 bits per heavy atom. The van der Waals surface area contributed by atoms with Gasteiger partial charge in [0.15, 0.2) is 5.65 Å². The van der Waals surface area contributed by atoms with Crippen molar-refractivity contribution in [2.24, 2.45) is 0 Å². The number of carbonyl (C=O) groups is 1. The van der Waals surface area contributed by atoms with Gasteiger partial charge in [0.05, 0.1) is 17.0 Å². The van der Waals surface area contributed by atoms with Gasteiger partial charge in [0, 0.05) is 7.05 Å². The van der Waals surface area contributed by atoms with Crippen LogP contribution >= 0.6 is 11.8 Å². The van der Waals surface area contributed by atoms with E-state index in [1.54, 1.807) is 7.05 Å². The molecule has 2 aromatic heterocycles. The van der Waals surface area contributed by atoms with Crippen LogP contribution in [0, 0.1) is 0 Å². The molecule has 0 bridgehead atoms. The quantitative estimate of drug-likeness (QED) is 0.743. The number of hydrogen-bond donors (Lipinski definition) is 3. The zero-order valence-corrected chi connectivity index (χ0v) is 10.0. The molecule has 2 aromatic rings. The molecule has 0 radical (unpaired) electrons. The van der Waals surface area contributed by atoms with Crippen molar-refractivity contribution in [1.29, 1.82) is 0 Å². The lowest BCUT2D eigenvalue weighted by atomic mass is 10.4. The molecule has 0 atom stereocenters. The van der Waals surface area contributed by atoms with Crippen LogP contribution in [-0.2, 0) is 10.5 Å². The van der Waals surface area contributed by atoms with E-state index in [1.807, 2.05) is 12.1 Å². The highest BCUT2D eigenvalue weighted by Gasteiger charge is 2.05.